The zero-order valence-electron chi connectivity index (χ0n) is 17.0. The first-order chi connectivity index (χ1) is 15.7. The Morgan fingerprint density at radius 2 is 1.78 bits per heavy atom. The smallest absolute Gasteiger partial charge is 0.231 e. The van der Waals surface area contributed by atoms with Crippen LogP contribution in [-0.4, -0.2) is 6.79 Å². The molecule has 0 radical (unpaired) electrons. The second-order valence-corrected chi connectivity index (χ2v) is 7.79. The van der Waals surface area contributed by atoms with E-state index in [-0.39, 0.29) is 6.79 Å². The molecule has 4 nitrogen and oxygen atoms in total. The molecule has 0 unspecified atom stereocenters. The molecule has 0 atom stereocenters. The summed E-state index contributed by atoms with van der Waals surface area (Å²) in [7, 11) is 0. The fourth-order valence-electron chi connectivity index (χ4n) is 3.68. The molecule has 0 bridgehead atoms. The second kappa shape index (κ2) is 8.66. The lowest BCUT2D eigenvalue weighted by Gasteiger charge is -2.13. The summed E-state index contributed by atoms with van der Waals surface area (Å²) in [4.78, 5) is 0. The number of nitrogens with zero attached hydrogens (tertiary/aromatic N) is 1. The Morgan fingerprint density at radius 3 is 2.62 bits per heavy atom. The minimum atomic E-state index is 0.191. The molecule has 0 saturated carbocycles. The maximum Gasteiger partial charge on any atom is 0.231 e. The number of benzene rings is 4. The molecule has 4 aromatic rings. The van der Waals surface area contributed by atoms with Crippen molar-refractivity contribution in [1.29, 1.82) is 5.26 Å². The second-order valence-electron chi connectivity index (χ2n) is 7.35. The van der Waals surface area contributed by atoms with Gasteiger partial charge in [-0.15, -0.1) is 0 Å². The molecule has 156 valence electrons. The van der Waals surface area contributed by atoms with Gasteiger partial charge in [0, 0.05) is 10.6 Å². The van der Waals surface area contributed by atoms with Crippen LogP contribution >= 0.6 is 11.6 Å². The molecule has 1 aliphatic heterocycles. The van der Waals surface area contributed by atoms with E-state index < -0.39 is 0 Å². The Balaban J connectivity index is 1.56. The molecule has 0 aliphatic carbocycles. The lowest BCUT2D eigenvalue weighted by atomic mass is 9.98. The third-order valence-corrected chi connectivity index (χ3v) is 5.58. The maximum absolute atomic E-state index is 9.94. The van der Waals surface area contributed by atoms with E-state index in [1.165, 1.54) is 0 Å². The number of fused-ring (bicyclic) bond motifs is 2. The molecule has 0 aromatic heterocycles. The molecule has 5 heteroatoms. The van der Waals surface area contributed by atoms with Crippen LogP contribution in [0.5, 0.6) is 17.2 Å². The quantitative estimate of drug-likeness (QED) is 0.251. The molecule has 0 amide bonds. The zero-order chi connectivity index (χ0) is 21.9. The average Bonchev–Trinajstić information content (AvgIpc) is 3.30. The van der Waals surface area contributed by atoms with Gasteiger partial charge in [-0.2, -0.15) is 5.26 Å². The van der Waals surface area contributed by atoms with Gasteiger partial charge in [0.05, 0.1) is 11.6 Å². The Bertz CT molecular complexity index is 1370. The zero-order valence-corrected chi connectivity index (χ0v) is 17.8. The van der Waals surface area contributed by atoms with Gasteiger partial charge in [-0.3, -0.25) is 0 Å². The maximum atomic E-state index is 9.94. The van der Waals surface area contributed by atoms with E-state index in [1.54, 1.807) is 0 Å². The van der Waals surface area contributed by atoms with Crippen molar-refractivity contribution in [2.75, 3.05) is 6.79 Å². The SMILES string of the molecule is N#C/C(=C\c1c(OCc2ccc(Cl)cc2)ccc2ccccc12)c1ccc2c(c1)OCO2. The Morgan fingerprint density at radius 1 is 0.969 bits per heavy atom. The summed E-state index contributed by atoms with van der Waals surface area (Å²) >= 11 is 5.99. The van der Waals surface area contributed by atoms with Crippen molar-refractivity contribution in [3.05, 3.63) is 101 Å². The standard InChI is InChI=1S/C27H18ClNO3/c28-22-9-5-18(6-10-22)16-30-25-11-7-19-3-1-2-4-23(19)24(25)13-21(15-29)20-8-12-26-27(14-20)32-17-31-26/h1-14H,16-17H2/b21-13+. The van der Waals surface area contributed by atoms with Crippen LogP contribution in [0.4, 0.5) is 0 Å². The number of hydrogen-bond donors (Lipinski definition) is 0. The van der Waals surface area contributed by atoms with Gasteiger partial charge in [0.2, 0.25) is 6.79 Å². The third-order valence-electron chi connectivity index (χ3n) is 5.33. The molecular formula is C27H18ClNO3. The highest BCUT2D eigenvalue weighted by Crippen LogP contribution is 2.37. The molecule has 32 heavy (non-hydrogen) atoms. The average molecular weight is 440 g/mol. The highest BCUT2D eigenvalue weighted by atomic mass is 35.5. The molecule has 1 heterocycles. The van der Waals surface area contributed by atoms with Crippen LogP contribution < -0.4 is 14.2 Å². The van der Waals surface area contributed by atoms with E-state index in [9.17, 15) is 5.26 Å². The monoisotopic (exact) mass is 439 g/mol. The number of ether oxygens (including phenoxy) is 3. The van der Waals surface area contributed by atoms with Crippen molar-refractivity contribution in [3.8, 4) is 23.3 Å². The normalized spacial score (nSPS) is 12.6. The first-order valence-corrected chi connectivity index (χ1v) is 10.5. The van der Waals surface area contributed by atoms with Crippen LogP contribution in [0.2, 0.25) is 5.02 Å². The minimum Gasteiger partial charge on any atom is -0.488 e. The van der Waals surface area contributed by atoms with Gasteiger partial charge in [-0.05, 0) is 64.4 Å². The first-order valence-electron chi connectivity index (χ1n) is 10.1. The topological polar surface area (TPSA) is 51.5 Å². The summed E-state index contributed by atoms with van der Waals surface area (Å²) in [5.41, 5.74) is 3.13. The summed E-state index contributed by atoms with van der Waals surface area (Å²) < 4.78 is 17.1. The van der Waals surface area contributed by atoms with Crippen molar-refractivity contribution in [1.82, 2.24) is 0 Å². The van der Waals surface area contributed by atoms with E-state index in [0.29, 0.717) is 34.5 Å². The predicted octanol–water partition coefficient (Wildman–Crippen LogP) is 6.87. The Hall–Kier alpha value is -3.94. The van der Waals surface area contributed by atoms with Crippen LogP contribution in [0.15, 0.2) is 78.9 Å². The van der Waals surface area contributed by atoms with Gasteiger partial charge in [-0.25, -0.2) is 0 Å². The van der Waals surface area contributed by atoms with Crippen molar-refractivity contribution in [2.24, 2.45) is 0 Å². The molecule has 0 saturated heterocycles. The van der Waals surface area contributed by atoms with Crippen LogP contribution in [0.25, 0.3) is 22.4 Å². The van der Waals surface area contributed by atoms with Crippen LogP contribution in [0.1, 0.15) is 16.7 Å². The van der Waals surface area contributed by atoms with Crippen molar-refractivity contribution in [2.45, 2.75) is 6.61 Å². The van der Waals surface area contributed by atoms with Crippen molar-refractivity contribution in [3.63, 3.8) is 0 Å². The fraction of sp³-hybridized carbons (Fsp3) is 0.0741. The van der Waals surface area contributed by atoms with E-state index in [0.717, 1.165) is 27.5 Å². The fourth-order valence-corrected chi connectivity index (χ4v) is 3.81. The van der Waals surface area contributed by atoms with E-state index >= 15 is 0 Å². The highest BCUT2D eigenvalue weighted by molar-refractivity contribution is 6.30. The van der Waals surface area contributed by atoms with E-state index in [4.69, 9.17) is 25.8 Å². The first kappa shape index (κ1) is 20.0. The van der Waals surface area contributed by atoms with E-state index in [1.807, 2.05) is 84.9 Å². The summed E-state index contributed by atoms with van der Waals surface area (Å²) in [6, 6.07) is 27.4. The van der Waals surface area contributed by atoms with Crippen molar-refractivity contribution >= 4 is 34.0 Å². The lowest BCUT2D eigenvalue weighted by molar-refractivity contribution is 0.174. The Kier molecular flexibility index (Phi) is 5.41. The van der Waals surface area contributed by atoms with Crippen LogP contribution in [0, 0.1) is 11.3 Å². The van der Waals surface area contributed by atoms with Crippen LogP contribution in [-0.2, 0) is 6.61 Å². The number of rotatable bonds is 5. The van der Waals surface area contributed by atoms with Crippen LogP contribution in [0.3, 0.4) is 0 Å². The number of nitriles is 1. The molecule has 5 rings (SSSR count). The molecule has 1 aliphatic rings. The molecule has 4 aromatic carbocycles. The molecule has 0 N–H and O–H groups in total. The summed E-state index contributed by atoms with van der Waals surface area (Å²) in [6.45, 7) is 0.582. The van der Waals surface area contributed by atoms with Gasteiger partial charge in [0.1, 0.15) is 12.4 Å². The lowest BCUT2D eigenvalue weighted by Crippen LogP contribution is -1.98. The molecule has 0 fully saturated rings. The number of allylic oxidation sites excluding steroid dienone is 1. The number of hydrogen-bond acceptors (Lipinski definition) is 4. The third kappa shape index (κ3) is 3.99. The van der Waals surface area contributed by atoms with Gasteiger partial charge in [0.15, 0.2) is 11.5 Å². The van der Waals surface area contributed by atoms with Gasteiger partial charge in [-0.1, -0.05) is 54.1 Å². The Labute approximate surface area is 190 Å². The molecular weight excluding hydrogens is 422 g/mol. The molecule has 0 spiro atoms. The van der Waals surface area contributed by atoms with Gasteiger partial charge >= 0.3 is 0 Å². The predicted molar refractivity (Wildman–Crippen MR) is 126 cm³/mol. The van der Waals surface area contributed by atoms with E-state index in [2.05, 4.69) is 6.07 Å². The summed E-state index contributed by atoms with van der Waals surface area (Å²) in [5, 5.41) is 12.7. The van der Waals surface area contributed by atoms with Crippen molar-refractivity contribution < 1.29 is 14.2 Å². The largest absolute Gasteiger partial charge is 0.488 e. The highest BCUT2D eigenvalue weighted by Gasteiger charge is 2.16. The number of halogens is 1. The van der Waals surface area contributed by atoms with Gasteiger partial charge in [0.25, 0.3) is 0 Å². The van der Waals surface area contributed by atoms with Gasteiger partial charge < -0.3 is 14.2 Å². The minimum absolute atomic E-state index is 0.191. The summed E-state index contributed by atoms with van der Waals surface area (Å²) in [5.74, 6) is 2.02. The summed E-state index contributed by atoms with van der Waals surface area (Å²) in [6.07, 6.45) is 1.87.